The van der Waals surface area contributed by atoms with Crippen molar-refractivity contribution in [2.24, 2.45) is 0 Å². The van der Waals surface area contributed by atoms with E-state index in [0.717, 1.165) is 30.0 Å². The van der Waals surface area contributed by atoms with E-state index in [9.17, 15) is 4.79 Å². The van der Waals surface area contributed by atoms with E-state index in [2.05, 4.69) is 27.0 Å². The molecule has 0 bridgehead atoms. The minimum atomic E-state index is 0.0862. The number of benzene rings is 2. The molecule has 0 spiro atoms. The van der Waals surface area contributed by atoms with Gasteiger partial charge in [0.2, 0.25) is 5.91 Å². The number of hydrogen-bond acceptors (Lipinski definition) is 2. The van der Waals surface area contributed by atoms with Crippen LogP contribution in [-0.4, -0.2) is 22.0 Å². The van der Waals surface area contributed by atoms with Crippen molar-refractivity contribution in [3.63, 3.8) is 0 Å². The number of carbonyl (C=O) groups excluding carboxylic acids is 1. The summed E-state index contributed by atoms with van der Waals surface area (Å²) < 4.78 is 2.08. The molecule has 0 aliphatic heterocycles. The molecule has 0 aliphatic rings. The van der Waals surface area contributed by atoms with Crippen LogP contribution in [0.15, 0.2) is 66.9 Å². The summed E-state index contributed by atoms with van der Waals surface area (Å²) in [5, 5.41) is 2.98. The molecular weight excluding hydrogens is 310 g/mol. The molecule has 0 fully saturated rings. The quantitative estimate of drug-likeness (QED) is 0.719. The largest absolute Gasteiger partial charge is 0.356 e. The molecule has 25 heavy (non-hydrogen) atoms. The maximum absolute atomic E-state index is 12.0. The Bertz CT molecular complexity index is 810. The number of imidazole rings is 1. The maximum atomic E-state index is 12.0. The second-order valence-electron chi connectivity index (χ2n) is 6.07. The van der Waals surface area contributed by atoms with Crippen molar-refractivity contribution in [3.8, 4) is 5.69 Å². The Morgan fingerprint density at radius 1 is 1.00 bits per heavy atom. The van der Waals surface area contributed by atoms with Gasteiger partial charge in [-0.05, 0) is 31.0 Å². The molecule has 1 aromatic heterocycles. The molecule has 0 unspecified atom stereocenters. The van der Waals surface area contributed by atoms with Crippen LogP contribution in [0.4, 0.5) is 0 Å². The number of hydrogen-bond donors (Lipinski definition) is 1. The summed E-state index contributed by atoms with van der Waals surface area (Å²) in [5.74, 6) is 1.04. The highest BCUT2D eigenvalue weighted by Crippen LogP contribution is 2.12. The van der Waals surface area contributed by atoms with Gasteiger partial charge in [0.1, 0.15) is 5.82 Å². The number of carbonyl (C=O) groups is 1. The lowest BCUT2D eigenvalue weighted by Crippen LogP contribution is -2.25. The third kappa shape index (κ3) is 4.80. The van der Waals surface area contributed by atoms with E-state index < -0.39 is 0 Å². The predicted molar refractivity (Wildman–Crippen MR) is 99.8 cm³/mol. The summed E-state index contributed by atoms with van der Waals surface area (Å²) in [5.41, 5.74) is 3.28. The van der Waals surface area contributed by atoms with Gasteiger partial charge in [0.25, 0.3) is 0 Å². The van der Waals surface area contributed by atoms with Crippen LogP contribution in [0.1, 0.15) is 23.5 Å². The topological polar surface area (TPSA) is 46.9 Å². The van der Waals surface area contributed by atoms with Crippen LogP contribution in [0.3, 0.4) is 0 Å². The van der Waals surface area contributed by atoms with Gasteiger partial charge in [0.15, 0.2) is 0 Å². The number of para-hydroxylation sites is 1. The van der Waals surface area contributed by atoms with Gasteiger partial charge in [-0.1, -0.05) is 48.5 Å². The highest BCUT2D eigenvalue weighted by atomic mass is 16.1. The average molecular weight is 333 g/mol. The number of rotatable bonds is 7. The predicted octanol–water partition coefficient (Wildman–Crippen LogP) is 3.47. The van der Waals surface area contributed by atoms with Crippen LogP contribution in [0.2, 0.25) is 0 Å². The second-order valence-corrected chi connectivity index (χ2v) is 6.07. The molecule has 128 valence electrons. The molecule has 2 aromatic carbocycles. The Balaban J connectivity index is 1.47. The maximum Gasteiger partial charge on any atom is 0.220 e. The average Bonchev–Trinajstić information content (AvgIpc) is 3.02. The monoisotopic (exact) mass is 333 g/mol. The molecule has 0 saturated carbocycles. The van der Waals surface area contributed by atoms with Gasteiger partial charge in [0, 0.05) is 31.3 Å². The molecule has 4 nitrogen and oxygen atoms in total. The van der Waals surface area contributed by atoms with E-state index >= 15 is 0 Å². The summed E-state index contributed by atoms with van der Waals surface area (Å²) in [7, 11) is 0. The molecule has 1 amide bonds. The zero-order valence-corrected chi connectivity index (χ0v) is 14.5. The molecule has 3 rings (SSSR count). The third-order valence-electron chi connectivity index (χ3n) is 4.15. The fourth-order valence-corrected chi connectivity index (χ4v) is 2.82. The molecule has 0 atom stereocenters. The fraction of sp³-hybridized carbons (Fsp3) is 0.238. The van der Waals surface area contributed by atoms with E-state index in [1.54, 1.807) is 0 Å². The van der Waals surface area contributed by atoms with Crippen molar-refractivity contribution >= 4 is 5.91 Å². The SMILES string of the molecule is Cc1nc(CCNC(=O)CCc2ccccc2)cn1-c1ccccc1. The van der Waals surface area contributed by atoms with Crippen molar-refractivity contribution in [3.05, 3.63) is 83.9 Å². The summed E-state index contributed by atoms with van der Waals surface area (Å²) in [6.07, 6.45) is 4.06. The lowest BCUT2D eigenvalue weighted by atomic mass is 10.1. The summed E-state index contributed by atoms with van der Waals surface area (Å²) in [4.78, 5) is 16.6. The summed E-state index contributed by atoms with van der Waals surface area (Å²) in [6.45, 7) is 2.60. The third-order valence-corrected chi connectivity index (χ3v) is 4.15. The Kier molecular flexibility index (Phi) is 5.62. The number of aromatic nitrogens is 2. The molecule has 4 heteroatoms. The van der Waals surface area contributed by atoms with Crippen LogP contribution in [0, 0.1) is 6.92 Å². The number of amides is 1. The van der Waals surface area contributed by atoms with Crippen LogP contribution in [0.25, 0.3) is 5.69 Å². The molecule has 3 aromatic rings. The Labute approximate surface area is 148 Å². The molecule has 1 heterocycles. The standard InChI is InChI=1S/C21H23N3O/c1-17-23-19(16-24(17)20-10-6-3-7-11-20)14-15-22-21(25)13-12-18-8-4-2-5-9-18/h2-11,16H,12-15H2,1H3,(H,22,25). The zero-order valence-electron chi connectivity index (χ0n) is 14.5. The van der Waals surface area contributed by atoms with Crippen LogP contribution in [0.5, 0.6) is 0 Å². The van der Waals surface area contributed by atoms with Crippen LogP contribution in [-0.2, 0) is 17.6 Å². The highest BCUT2D eigenvalue weighted by molar-refractivity contribution is 5.76. The normalized spacial score (nSPS) is 10.6. The van der Waals surface area contributed by atoms with Crippen molar-refractivity contribution in [1.29, 1.82) is 0 Å². The molecule has 0 aliphatic carbocycles. The number of nitrogens with zero attached hydrogens (tertiary/aromatic N) is 2. The van der Waals surface area contributed by atoms with Gasteiger partial charge < -0.3 is 9.88 Å². The van der Waals surface area contributed by atoms with E-state index in [1.807, 2.05) is 61.7 Å². The van der Waals surface area contributed by atoms with Gasteiger partial charge >= 0.3 is 0 Å². The van der Waals surface area contributed by atoms with Crippen molar-refractivity contribution in [1.82, 2.24) is 14.9 Å². The van der Waals surface area contributed by atoms with Gasteiger partial charge in [-0.25, -0.2) is 4.98 Å². The molecular formula is C21H23N3O. The van der Waals surface area contributed by atoms with Gasteiger partial charge in [0.05, 0.1) is 5.69 Å². The lowest BCUT2D eigenvalue weighted by Gasteiger charge is -2.04. The second kappa shape index (κ2) is 8.29. The number of aryl methyl sites for hydroxylation is 2. The Morgan fingerprint density at radius 3 is 2.40 bits per heavy atom. The van der Waals surface area contributed by atoms with Crippen LogP contribution >= 0.6 is 0 Å². The van der Waals surface area contributed by atoms with E-state index in [0.29, 0.717) is 13.0 Å². The highest BCUT2D eigenvalue weighted by Gasteiger charge is 2.07. The first-order valence-corrected chi connectivity index (χ1v) is 8.63. The first-order chi connectivity index (χ1) is 12.2. The molecule has 0 saturated heterocycles. The molecule has 0 radical (unpaired) electrons. The van der Waals surface area contributed by atoms with Crippen LogP contribution < -0.4 is 5.32 Å². The first-order valence-electron chi connectivity index (χ1n) is 8.63. The van der Waals surface area contributed by atoms with Gasteiger partial charge in [-0.2, -0.15) is 0 Å². The Hall–Kier alpha value is -2.88. The number of nitrogens with one attached hydrogen (secondary N) is 1. The van der Waals surface area contributed by atoms with Crippen molar-refractivity contribution in [2.75, 3.05) is 6.54 Å². The smallest absolute Gasteiger partial charge is 0.220 e. The summed E-state index contributed by atoms with van der Waals surface area (Å²) >= 11 is 0. The first kappa shape index (κ1) is 17.0. The minimum Gasteiger partial charge on any atom is -0.356 e. The summed E-state index contributed by atoms with van der Waals surface area (Å²) in [6, 6.07) is 20.2. The van der Waals surface area contributed by atoms with Gasteiger partial charge in [-0.3, -0.25) is 4.79 Å². The van der Waals surface area contributed by atoms with E-state index in [-0.39, 0.29) is 5.91 Å². The van der Waals surface area contributed by atoms with Crippen molar-refractivity contribution < 1.29 is 4.79 Å². The van der Waals surface area contributed by atoms with Crippen molar-refractivity contribution in [2.45, 2.75) is 26.2 Å². The Morgan fingerprint density at radius 2 is 1.68 bits per heavy atom. The zero-order chi connectivity index (χ0) is 17.5. The minimum absolute atomic E-state index is 0.0862. The van der Waals surface area contributed by atoms with Gasteiger partial charge in [-0.15, -0.1) is 0 Å². The lowest BCUT2D eigenvalue weighted by molar-refractivity contribution is -0.121. The molecule has 1 N–H and O–H groups in total. The fourth-order valence-electron chi connectivity index (χ4n) is 2.82. The van der Waals surface area contributed by atoms with E-state index in [1.165, 1.54) is 5.56 Å². The van der Waals surface area contributed by atoms with E-state index in [4.69, 9.17) is 0 Å².